The molecular formula is C23H30N4O6S. The average molecular weight is 491 g/mol. The number of nitro benzene ring substituents is 1. The van der Waals surface area contributed by atoms with Crippen LogP contribution in [0.5, 0.6) is 0 Å². The molecule has 0 fully saturated rings. The SMILES string of the molecule is CCNC(=O)C(CC)N(Cc1cccc(C)c1)C(=O)CN(c1cccc([N+](=O)[O-])c1)S(C)(=O)=O. The van der Waals surface area contributed by atoms with Crippen molar-refractivity contribution in [1.82, 2.24) is 10.2 Å². The van der Waals surface area contributed by atoms with Gasteiger partial charge >= 0.3 is 0 Å². The first-order valence-electron chi connectivity index (χ1n) is 10.8. The molecule has 0 spiro atoms. The molecular weight excluding hydrogens is 460 g/mol. The lowest BCUT2D eigenvalue weighted by molar-refractivity contribution is -0.384. The topological polar surface area (TPSA) is 130 Å². The predicted octanol–water partition coefficient (Wildman–Crippen LogP) is 2.61. The highest BCUT2D eigenvalue weighted by Crippen LogP contribution is 2.24. The van der Waals surface area contributed by atoms with E-state index in [0.717, 1.165) is 27.8 Å². The number of likely N-dealkylation sites (N-methyl/N-ethyl adjacent to an activating group) is 1. The second-order valence-electron chi connectivity index (χ2n) is 7.88. The number of amides is 2. The third-order valence-corrected chi connectivity index (χ3v) is 6.32. The van der Waals surface area contributed by atoms with Crippen LogP contribution in [0.4, 0.5) is 11.4 Å². The highest BCUT2D eigenvalue weighted by Gasteiger charge is 2.31. The van der Waals surface area contributed by atoms with E-state index in [-0.39, 0.29) is 23.8 Å². The van der Waals surface area contributed by atoms with Gasteiger partial charge in [-0.2, -0.15) is 0 Å². The van der Waals surface area contributed by atoms with Crippen LogP contribution in [0.3, 0.4) is 0 Å². The van der Waals surface area contributed by atoms with Gasteiger partial charge in [0.2, 0.25) is 21.8 Å². The largest absolute Gasteiger partial charge is 0.355 e. The number of benzene rings is 2. The molecule has 2 rings (SSSR count). The fourth-order valence-corrected chi connectivity index (χ4v) is 4.44. The van der Waals surface area contributed by atoms with E-state index in [4.69, 9.17) is 0 Å². The summed E-state index contributed by atoms with van der Waals surface area (Å²) in [5.74, 6) is -0.941. The summed E-state index contributed by atoms with van der Waals surface area (Å²) in [4.78, 5) is 38.1. The van der Waals surface area contributed by atoms with Gasteiger partial charge in [-0.15, -0.1) is 0 Å². The van der Waals surface area contributed by atoms with Crippen LogP contribution in [-0.2, 0) is 26.2 Å². The lowest BCUT2D eigenvalue weighted by Gasteiger charge is -2.32. The van der Waals surface area contributed by atoms with E-state index in [1.165, 1.54) is 23.1 Å². The van der Waals surface area contributed by atoms with Gasteiger partial charge in [0.15, 0.2) is 0 Å². The second kappa shape index (κ2) is 11.6. The van der Waals surface area contributed by atoms with E-state index in [1.807, 2.05) is 31.2 Å². The number of carbonyl (C=O) groups is 2. The molecule has 0 aliphatic carbocycles. The molecule has 0 aromatic heterocycles. The van der Waals surface area contributed by atoms with Crippen molar-refractivity contribution in [3.8, 4) is 0 Å². The maximum Gasteiger partial charge on any atom is 0.271 e. The van der Waals surface area contributed by atoms with Crippen LogP contribution in [-0.4, -0.2) is 55.4 Å². The Morgan fingerprint density at radius 1 is 1.12 bits per heavy atom. The fraction of sp³-hybridized carbons (Fsp3) is 0.391. The molecule has 11 heteroatoms. The summed E-state index contributed by atoms with van der Waals surface area (Å²) in [6.07, 6.45) is 1.24. The van der Waals surface area contributed by atoms with Crippen LogP contribution in [0.1, 0.15) is 31.4 Å². The molecule has 0 aliphatic rings. The fourth-order valence-electron chi connectivity index (χ4n) is 3.59. The number of nitrogens with zero attached hydrogens (tertiary/aromatic N) is 3. The Bertz CT molecular complexity index is 1150. The normalized spacial score (nSPS) is 12.0. The second-order valence-corrected chi connectivity index (χ2v) is 9.78. The molecule has 1 N–H and O–H groups in total. The standard InChI is InChI=1S/C23H30N4O6S/c1-5-21(23(29)24-6-2)25(15-18-10-7-9-17(3)13-18)22(28)16-26(34(4,32)33)19-11-8-12-20(14-19)27(30)31/h7-14,21H,5-6,15-16H2,1-4H3,(H,24,29). The molecule has 0 saturated carbocycles. The zero-order chi connectivity index (χ0) is 25.5. The van der Waals surface area contributed by atoms with Crippen LogP contribution in [0, 0.1) is 17.0 Å². The Balaban J connectivity index is 2.47. The molecule has 0 saturated heterocycles. The first-order valence-corrected chi connectivity index (χ1v) is 12.7. The number of hydrogen-bond donors (Lipinski definition) is 1. The van der Waals surface area contributed by atoms with Crippen molar-refractivity contribution in [2.75, 3.05) is 23.7 Å². The summed E-state index contributed by atoms with van der Waals surface area (Å²) < 4.78 is 25.9. The molecule has 1 unspecified atom stereocenters. The molecule has 1 atom stereocenters. The van der Waals surface area contributed by atoms with E-state index >= 15 is 0 Å². The molecule has 0 radical (unpaired) electrons. The minimum absolute atomic E-state index is 0.00777. The van der Waals surface area contributed by atoms with Crippen LogP contribution in [0.25, 0.3) is 0 Å². The van der Waals surface area contributed by atoms with Crippen molar-refractivity contribution >= 4 is 33.2 Å². The zero-order valence-electron chi connectivity index (χ0n) is 19.7. The number of sulfonamides is 1. The first-order chi connectivity index (χ1) is 16.0. The Morgan fingerprint density at radius 3 is 2.35 bits per heavy atom. The lowest BCUT2D eigenvalue weighted by Crippen LogP contribution is -2.52. The Morgan fingerprint density at radius 2 is 1.79 bits per heavy atom. The van der Waals surface area contributed by atoms with E-state index in [0.29, 0.717) is 13.0 Å². The average Bonchev–Trinajstić information content (AvgIpc) is 2.76. The van der Waals surface area contributed by atoms with E-state index < -0.39 is 33.4 Å². The maximum atomic E-state index is 13.5. The molecule has 34 heavy (non-hydrogen) atoms. The summed E-state index contributed by atoms with van der Waals surface area (Å²) in [5.41, 5.74) is 1.46. The Labute approximate surface area is 199 Å². The van der Waals surface area contributed by atoms with Crippen LogP contribution >= 0.6 is 0 Å². The van der Waals surface area contributed by atoms with Crippen LogP contribution in [0.2, 0.25) is 0 Å². The smallest absolute Gasteiger partial charge is 0.271 e. The molecule has 0 aliphatic heterocycles. The first kappa shape index (κ1) is 26.8. The van der Waals surface area contributed by atoms with Crippen molar-refractivity contribution in [1.29, 1.82) is 0 Å². The monoisotopic (exact) mass is 490 g/mol. The summed E-state index contributed by atoms with van der Waals surface area (Å²) in [6, 6.07) is 11.7. The van der Waals surface area contributed by atoms with E-state index in [1.54, 1.807) is 13.8 Å². The van der Waals surface area contributed by atoms with Gasteiger partial charge in [-0.3, -0.25) is 24.0 Å². The minimum Gasteiger partial charge on any atom is -0.355 e. The minimum atomic E-state index is -3.97. The highest BCUT2D eigenvalue weighted by atomic mass is 32.2. The van der Waals surface area contributed by atoms with Crippen molar-refractivity contribution in [2.24, 2.45) is 0 Å². The van der Waals surface area contributed by atoms with Crippen molar-refractivity contribution in [2.45, 2.75) is 39.8 Å². The number of anilines is 1. The maximum absolute atomic E-state index is 13.5. The zero-order valence-corrected chi connectivity index (χ0v) is 20.5. The number of hydrogen-bond acceptors (Lipinski definition) is 6. The molecule has 0 bridgehead atoms. The summed E-state index contributed by atoms with van der Waals surface area (Å²) in [7, 11) is -3.97. The molecule has 10 nitrogen and oxygen atoms in total. The summed E-state index contributed by atoms with van der Waals surface area (Å²) in [5, 5.41) is 13.9. The van der Waals surface area contributed by atoms with Crippen molar-refractivity contribution < 1.29 is 22.9 Å². The number of nitrogens with one attached hydrogen (secondary N) is 1. The van der Waals surface area contributed by atoms with Crippen LogP contribution < -0.4 is 9.62 Å². The number of aryl methyl sites for hydroxylation is 1. The molecule has 184 valence electrons. The number of carbonyl (C=O) groups excluding carboxylic acids is 2. The molecule has 2 aromatic carbocycles. The van der Waals surface area contributed by atoms with Gasteiger partial charge in [0.1, 0.15) is 12.6 Å². The van der Waals surface area contributed by atoms with Gasteiger partial charge in [0, 0.05) is 25.2 Å². The lowest BCUT2D eigenvalue weighted by atomic mass is 10.1. The van der Waals surface area contributed by atoms with Gasteiger partial charge in [-0.25, -0.2) is 8.42 Å². The third kappa shape index (κ3) is 7.01. The van der Waals surface area contributed by atoms with Gasteiger partial charge < -0.3 is 10.2 Å². The number of rotatable bonds is 11. The van der Waals surface area contributed by atoms with Gasteiger partial charge in [0.25, 0.3) is 5.69 Å². The molecule has 0 heterocycles. The Kier molecular flexibility index (Phi) is 9.13. The quantitative estimate of drug-likeness (QED) is 0.381. The van der Waals surface area contributed by atoms with Crippen LogP contribution in [0.15, 0.2) is 48.5 Å². The summed E-state index contributed by atoms with van der Waals surface area (Å²) in [6.45, 7) is 5.32. The Hall–Kier alpha value is -3.47. The molecule has 2 amide bonds. The van der Waals surface area contributed by atoms with Gasteiger partial charge in [-0.05, 0) is 31.9 Å². The van der Waals surface area contributed by atoms with E-state index in [2.05, 4.69) is 5.32 Å². The number of non-ortho nitro benzene ring substituents is 1. The van der Waals surface area contributed by atoms with Gasteiger partial charge in [0.05, 0.1) is 16.9 Å². The molecule has 2 aromatic rings. The predicted molar refractivity (Wildman–Crippen MR) is 130 cm³/mol. The van der Waals surface area contributed by atoms with Crippen molar-refractivity contribution in [3.05, 3.63) is 69.8 Å². The third-order valence-electron chi connectivity index (χ3n) is 5.18. The van der Waals surface area contributed by atoms with Crippen molar-refractivity contribution in [3.63, 3.8) is 0 Å². The van der Waals surface area contributed by atoms with Gasteiger partial charge in [-0.1, -0.05) is 42.8 Å². The summed E-state index contributed by atoms with van der Waals surface area (Å²) >= 11 is 0. The number of nitro groups is 1. The van der Waals surface area contributed by atoms with E-state index in [9.17, 15) is 28.1 Å². The highest BCUT2D eigenvalue weighted by molar-refractivity contribution is 7.92.